The van der Waals surface area contributed by atoms with Gasteiger partial charge in [0.1, 0.15) is 11.5 Å². The average Bonchev–Trinajstić information content (AvgIpc) is 2.40. The first-order valence-electron chi connectivity index (χ1n) is 6.32. The third-order valence-corrected chi connectivity index (χ3v) is 2.89. The van der Waals surface area contributed by atoms with Gasteiger partial charge in [-0.05, 0) is 37.1 Å². The quantitative estimate of drug-likeness (QED) is 0.862. The first-order valence-corrected chi connectivity index (χ1v) is 6.69. The lowest BCUT2D eigenvalue weighted by molar-refractivity contribution is 0.477. The summed E-state index contributed by atoms with van der Waals surface area (Å²) in [5, 5.41) is 3.99. The van der Waals surface area contributed by atoms with Crippen LogP contribution in [0, 0.1) is 6.92 Å². The maximum absolute atomic E-state index is 5.92. The second kappa shape index (κ2) is 6.43. The normalized spacial score (nSPS) is 10.3. The van der Waals surface area contributed by atoms with E-state index in [1.54, 1.807) is 12.4 Å². The SMILES string of the molecule is CCCNc1cncc(Oc2ccc(Cl)cc2C)c1. The van der Waals surface area contributed by atoms with Gasteiger partial charge in [-0.25, -0.2) is 0 Å². The van der Waals surface area contributed by atoms with E-state index in [0.29, 0.717) is 10.8 Å². The van der Waals surface area contributed by atoms with Gasteiger partial charge in [-0.3, -0.25) is 4.98 Å². The summed E-state index contributed by atoms with van der Waals surface area (Å²) < 4.78 is 5.82. The number of pyridine rings is 1. The smallest absolute Gasteiger partial charge is 0.147 e. The molecule has 19 heavy (non-hydrogen) atoms. The molecule has 1 heterocycles. The highest BCUT2D eigenvalue weighted by Crippen LogP contribution is 2.27. The molecular weight excluding hydrogens is 260 g/mol. The van der Waals surface area contributed by atoms with E-state index >= 15 is 0 Å². The molecule has 0 unspecified atom stereocenters. The Labute approximate surface area is 118 Å². The molecule has 1 aromatic heterocycles. The van der Waals surface area contributed by atoms with Gasteiger partial charge in [0.15, 0.2) is 0 Å². The van der Waals surface area contributed by atoms with E-state index in [1.807, 2.05) is 31.2 Å². The fourth-order valence-electron chi connectivity index (χ4n) is 1.69. The zero-order valence-corrected chi connectivity index (χ0v) is 11.9. The summed E-state index contributed by atoms with van der Waals surface area (Å²) in [6.45, 7) is 5.01. The van der Waals surface area contributed by atoms with Crippen molar-refractivity contribution in [2.24, 2.45) is 0 Å². The molecule has 0 spiro atoms. The third-order valence-electron chi connectivity index (χ3n) is 2.66. The van der Waals surface area contributed by atoms with E-state index in [4.69, 9.17) is 16.3 Å². The largest absolute Gasteiger partial charge is 0.455 e. The number of ether oxygens (including phenoxy) is 1. The lowest BCUT2D eigenvalue weighted by Gasteiger charge is -2.10. The number of benzene rings is 1. The number of anilines is 1. The summed E-state index contributed by atoms with van der Waals surface area (Å²) in [4.78, 5) is 4.17. The third kappa shape index (κ3) is 3.86. The molecule has 0 aliphatic heterocycles. The van der Waals surface area contributed by atoms with Crippen LogP contribution in [-0.4, -0.2) is 11.5 Å². The minimum atomic E-state index is 0.710. The molecule has 2 aromatic rings. The minimum absolute atomic E-state index is 0.710. The molecule has 4 heteroatoms. The van der Waals surface area contributed by atoms with Gasteiger partial charge in [0.05, 0.1) is 18.1 Å². The molecule has 0 aliphatic rings. The van der Waals surface area contributed by atoms with Crippen LogP contribution in [0.4, 0.5) is 5.69 Å². The molecule has 0 radical (unpaired) electrons. The fraction of sp³-hybridized carbons (Fsp3) is 0.267. The molecule has 0 saturated carbocycles. The summed E-state index contributed by atoms with van der Waals surface area (Å²) in [5.74, 6) is 1.50. The minimum Gasteiger partial charge on any atom is -0.455 e. The fourth-order valence-corrected chi connectivity index (χ4v) is 1.92. The Morgan fingerprint density at radius 3 is 2.84 bits per heavy atom. The Balaban J connectivity index is 2.14. The molecular formula is C15H17ClN2O. The van der Waals surface area contributed by atoms with Gasteiger partial charge in [-0.2, -0.15) is 0 Å². The number of rotatable bonds is 5. The van der Waals surface area contributed by atoms with Crippen molar-refractivity contribution in [3.63, 3.8) is 0 Å². The van der Waals surface area contributed by atoms with Crippen molar-refractivity contribution in [2.45, 2.75) is 20.3 Å². The molecule has 0 atom stereocenters. The number of hydrogen-bond donors (Lipinski definition) is 1. The Bertz CT molecular complexity index is 558. The number of halogens is 1. The topological polar surface area (TPSA) is 34.2 Å². The molecule has 0 fully saturated rings. The van der Waals surface area contributed by atoms with Crippen molar-refractivity contribution >= 4 is 17.3 Å². The molecule has 3 nitrogen and oxygen atoms in total. The highest BCUT2D eigenvalue weighted by Gasteiger charge is 2.03. The summed E-state index contributed by atoms with van der Waals surface area (Å²) in [5.41, 5.74) is 1.96. The monoisotopic (exact) mass is 276 g/mol. The van der Waals surface area contributed by atoms with Crippen LogP contribution in [0.5, 0.6) is 11.5 Å². The second-order valence-corrected chi connectivity index (χ2v) is 4.78. The van der Waals surface area contributed by atoms with Crippen LogP contribution in [0.2, 0.25) is 5.02 Å². The van der Waals surface area contributed by atoms with Gasteiger partial charge in [0.2, 0.25) is 0 Å². The predicted octanol–water partition coefficient (Wildman–Crippen LogP) is 4.66. The summed E-state index contributed by atoms with van der Waals surface area (Å²) in [6.07, 6.45) is 4.56. The Kier molecular flexibility index (Phi) is 4.63. The van der Waals surface area contributed by atoms with Crippen molar-refractivity contribution in [2.75, 3.05) is 11.9 Å². The number of hydrogen-bond acceptors (Lipinski definition) is 3. The van der Waals surface area contributed by atoms with Gasteiger partial charge in [-0.15, -0.1) is 0 Å². The standard InChI is InChI=1S/C15H17ClN2O/c1-3-6-18-13-8-14(10-17-9-13)19-15-5-4-12(16)7-11(15)2/h4-5,7-10,18H,3,6H2,1-2H3. The summed E-state index contributed by atoms with van der Waals surface area (Å²) in [7, 11) is 0. The van der Waals surface area contributed by atoms with E-state index in [1.165, 1.54) is 0 Å². The summed E-state index contributed by atoms with van der Waals surface area (Å²) >= 11 is 5.92. The van der Waals surface area contributed by atoms with Crippen LogP contribution in [0.15, 0.2) is 36.7 Å². The number of aryl methyl sites for hydroxylation is 1. The van der Waals surface area contributed by atoms with Gasteiger partial charge >= 0.3 is 0 Å². The first kappa shape index (κ1) is 13.7. The van der Waals surface area contributed by atoms with Gasteiger partial charge in [-0.1, -0.05) is 18.5 Å². The van der Waals surface area contributed by atoms with Crippen LogP contribution in [0.25, 0.3) is 0 Å². The van der Waals surface area contributed by atoms with Crippen LogP contribution < -0.4 is 10.1 Å². The molecule has 1 aromatic carbocycles. The number of nitrogens with one attached hydrogen (secondary N) is 1. The molecule has 0 amide bonds. The summed E-state index contributed by atoms with van der Waals surface area (Å²) in [6, 6.07) is 7.50. The molecule has 0 saturated heterocycles. The molecule has 1 N–H and O–H groups in total. The van der Waals surface area contributed by atoms with E-state index < -0.39 is 0 Å². The zero-order chi connectivity index (χ0) is 13.7. The van der Waals surface area contributed by atoms with E-state index in [-0.39, 0.29) is 0 Å². The van der Waals surface area contributed by atoms with Gasteiger partial charge in [0.25, 0.3) is 0 Å². The predicted molar refractivity (Wildman–Crippen MR) is 79.3 cm³/mol. The van der Waals surface area contributed by atoms with Crippen LogP contribution in [-0.2, 0) is 0 Å². The highest BCUT2D eigenvalue weighted by atomic mass is 35.5. The van der Waals surface area contributed by atoms with Crippen molar-refractivity contribution in [3.8, 4) is 11.5 Å². The van der Waals surface area contributed by atoms with Crippen molar-refractivity contribution in [1.29, 1.82) is 0 Å². The van der Waals surface area contributed by atoms with E-state index in [2.05, 4.69) is 17.2 Å². The lowest BCUT2D eigenvalue weighted by Crippen LogP contribution is -2.00. The maximum Gasteiger partial charge on any atom is 0.147 e. The second-order valence-electron chi connectivity index (χ2n) is 4.35. The zero-order valence-electron chi connectivity index (χ0n) is 11.1. The lowest BCUT2D eigenvalue weighted by atomic mass is 10.2. The van der Waals surface area contributed by atoms with Crippen LogP contribution in [0.1, 0.15) is 18.9 Å². The van der Waals surface area contributed by atoms with Crippen molar-refractivity contribution in [3.05, 3.63) is 47.2 Å². The highest BCUT2D eigenvalue weighted by molar-refractivity contribution is 6.30. The Morgan fingerprint density at radius 1 is 1.26 bits per heavy atom. The number of nitrogens with zero attached hydrogens (tertiary/aromatic N) is 1. The molecule has 0 bridgehead atoms. The maximum atomic E-state index is 5.92. The van der Waals surface area contributed by atoms with Crippen molar-refractivity contribution in [1.82, 2.24) is 4.98 Å². The molecule has 0 aliphatic carbocycles. The Hall–Kier alpha value is -1.74. The van der Waals surface area contributed by atoms with E-state index in [0.717, 1.165) is 30.0 Å². The average molecular weight is 277 g/mol. The first-order chi connectivity index (χ1) is 9.19. The van der Waals surface area contributed by atoms with Gasteiger partial charge in [0, 0.05) is 17.6 Å². The van der Waals surface area contributed by atoms with Crippen LogP contribution in [0.3, 0.4) is 0 Å². The molecule has 2 rings (SSSR count). The van der Waals surface area contributed by atoms with E-state index in [9.17, 15) is 0 Å². The van der Waals surface area contributed by atoms with Gasteiger partial charge < -0.3 is 10.1 Å². The number of aromatic nitrogens is 1. The van der Waals surface area contributed by atoms with Crippen molar-refractivity contribution < 1.29 is 4.74 Å². The van der Waals surface area contributed by atoms with Crippen LogP contribution >= 0.6 is 11.6 Å². The Morgan fingerprint density at radius 2 is 2.11 bits per heavy atom. The molecule has 100 valence electrons.